The Morgan fingerprint density at radius 3 is 2.88 bits per heavy atom. The number of rotatable bonds is 7. The quantitative estimate of drug-likeness (QED) is 0.675. The van der Waals surface area contributed by atoms with Crippen molar-refractivity contribution in [2.24, 2.45) is 5.92 Å². The average molecular weight is 227 g/mol. The fourth-order valence-corrected chi connectivity index (χ4v) is 1.88. The molecule has 0 aromatic carbocycles. The van der Waals surface area contributed by atoms with Gasteiger partial charge in [-0.2, -0.15) is 0 Å². The van der Waals surface area contributed by atoms with Gasteiger partial charge >= 0.3 is 0 Å². The first-order valence-electron chi connectivity index (χ1n) is 6.22. The Morgan fingerprint density at radius 2 is 2.31 bits per heavy atom. The Hall–Kier alpha value is -0.380. The van der Waals surface area contributed by atoms with Crippen molar-refractivity contribution in [2.75, 3.05) is 33.5 Å². The normalized spacial score (nSPS) is 18.6. The Bertz CT molecular complexity index is 214. The first kappa shape index (κ1) is 13.7. The van der Waals surface area contributed by atoms with Crippen molar-refractivity contribution in [3.63, 3.8) is 0 Å². The van der Waals surface area contributed by atoms with Crippen LogP contribution in [-0.4, -0.2) is 39.5 Å². The minimum Gasteiger partial charge on any atom is -0.383 e. The molecule has 1 unspecified atom stereocenters. The summed E-state index contributed by atoms with van der Waals surface area (Å²) < 4.78 is 10.5. The van der Waals surface area contributed by atoms with Gasteiger partial charge in [0, 0.05) is 13.2 Å². The number of ether oxygens (including phenoxy) is 2. The summed E-state index contributed by atoms with van der Waals surface area (Å²) >= 11 is 0. The smallest absolute Gasteiger partial charge is 0.0650 e. The molecule has 0 aromatic rings. The van der Waals surface area contributed by atoms with E-state index in [1.807, 2.05) is 0 Å². The molecule has 0 aromatic heterocycles. The molecular weight excluding hydrogens is 202 g/mol. The van der Waals surface area contributed by atoms with Crippen LogP contribution in [0.2, 0.25) is 0 Å². The summed E-state index contributed by atoms with van der Waals surface area (Å²) in [4.78, 5) is 0. The van der Waals surface area contributed by atoms with Crippen molar-refractivity contribution in [1.29, 1.82) is 0 Å². The van der Waals surface area contributed by atoms with E-state index in [4.69, 9.17) is 9.47 Å². The standard InChI is InChI=1S/C13H25NO2/c1-11(2)13(10-15-3)14-7-4-12-5-8-16-9-6-12/h5,11,13-14H,4,6-10H2,1-3H3. The van der Waals surface area contributed by atoms with E-state index in [1.165, 1.54) is 5.57 Å². The molecular formula is C13H25NO2. The van der Waals surface area contributed by atoms with Gasteiger partial charge < -0.3 is 14.8 Å². The van der Waals surface area contributed by atoms with E-state index >= 15 is 0 Å². The molecule has 0 aliphatic carbocycles. The average Bonchev–Trinajstić information content (AvgIpc) is 2.29. The molecule has 0 saturated carbocycles. The molecule has 0 bridgehead atoms. The van der Waals surface area contributed by atoms with Crippen molar-refractivity contribution in [3.05, 3.63) is 11.6 Å². The number of hydrogen-bond acceptors (Lipinski definition) is 3. The second-order valence-corrected chi connectivity index (χ2v) is 4.70. The Kier molecular flexibility index (Phi) is 6.69. The largest absolute Gasteiger partial charge is 0.383 e. The Labute approximate surface area is 99.2 Å². The van der Waals surface area contributed by atoms with Gasteiger partial charge in [0.2, 0.25) is 0 Å². The predicted octanol–water partition coefficient (Wildman–Crippen LogP) is 1.98. The van der Waals surface area contributed by atoms with Crippen molar-refractivity contribution in [1.82, 2.24) is 5.32 Å². The Morgan fingerprint density at radius 1 is 1.50 bits per heavy atom. The van der Waals surface area contributed by atoms with Gasteiger partial charge in [-0.3, -0.25) is 0 Å². The SMILES string of the molecule is COCC(NCCC1=CCOCC1)C(C)C. The molecule has 94 valence electrons. The van der Waals surface area contributed by atoms with Gasteiger partial charge in [0.05, 0.1) is 19.8 Å². The third kappa shape index (κ3) is 5.10. The summed E-state index contributed by atoms with van der Waals surface area (Å²) in [6, 6.07) is 0.463. The van der Waals surface area contributed by atoms with E-state index in [1.54, 1.807) is 7.11 Å². The highest BCUT2D eigenvalue weighted by atomic mass is 16.5. The fourth-order valence-electron chi connectivity index (χ4n) is 1.88. The first-order chi connectivity index (χ1) is 7.74. The van der Waals surface area contributed by atoms with Crippen molar-refractivity contribution < 1.29 is 9.47 Å². The van der Waals surface area contributed by atoms with Crippen LogP contribution in [0.15, 0.2) is 11.6 Å². The van der Waals surface area contributed by atoms with Crippen LogP contribution in [-0.2, 0) is 9.47 Å². The zero-order chi connectivity index (χ0) is 11.8. The summed E-state index contributed by atoms with van der Waals surface area (Å²) in [5, 5.41) is 3.56. The van der Waals surface area contributed by atoms with Crippen molar-refractivity contribution in [2.45, 2.75) is 32.7 Å². The minimum absolute atomic E-state index is 0.463. The molecule has 1 heterocycles. The highest BCUT2D eigenvalue weighted by Crippen LogP contribution is 2.11. The topological polar surface area (TPSA) is 30.5 Å². The van der Waals surface area contributed by atoms with E-state index in [-0.39, 0.29) is 0 Å². The third-order valence-corrected chi connectivity index (χ3v) is 3.06. The number of nitrogens with one attached hydrogen (secondary N) is 1. The van der Waals surface area contributed by atoms with Crippen LogP contribution in [0.3, 0.4) is 0 Å². The van der Waals surface area contributed by atoms with E-state index in [9.17, 15) is 0 Å². The van der Waals surface area contributed by atoms with Gasteiger partial charge in [0.15, 0.2) is 0 Å². The maximum atomic E-state index is 5.29. The van der Waals surface area contributed by atoms with Gasteiger partial charge in [0.25, 0.3) is 0 Å². The zero-order valence-electron chi connectivity index (χ0n) is 10.8. The van der Waals surface area contributed by atoms with Gasteiger partial charge in [-0.25, -0.2) is 0 Å². The molecule has 0 radical (unpaired) electrons. The summed E-state index contributed by atoms with van der Waals surface area (Å²) in [5.74, 6) is 0.614. The van der Waals surface area contributed by atoms with Gasteiger partial charge in [-0.15, -0.1) is 0 Å². The van der Waals surface area contributed by atoms with Gasteiger partial charge in [-0.05, 0) is 25.3 Å². The first-order valence-corrected chi connectivity index (χ1v) is 6.22. The van der Waals surface area contributed by atoms with E-state index < -0.39 is 0 Å². The molecule has 3 nitrogen and oxygen atoms in total. The molecule has 1 atom stereocenters. The van der Waals surface area contributed by atoms with Crippen LogP contribution >= 0.6 is 0 Å². The lowest BCUT2D eigenvalue weighted by molar-refractivity contribution is 0.145. The highest BCUT2D eigenvalue weighted by Gasteiger charge is 2.12. The molecule has 3 heteroatoms. The molecule has 0 fully saturated rings. The van der Waals surface area contributed by atoms with Gasteiger partial charge in [0.1, 0.15) is 0 Å². The molecule has 16 heavy (non-hydrogen) atoms. The Balaban J connectivity index is 2.19. The second-order valence-electron chi connectivity index (χ2n) is 4.70. The van der Waals surface area contributed by atoms with Crippen LogP contribution < -0.4 is 5.32 Å². The monoisotopic (exact) mass is 227 g/mol. The minimum atomic E-state index is 0.463. The molecule has 1 N–H and O–H groups in total. The lowest BCUT2D eigenvalue weighted by atomic mass is 10.0. The van der Waals surface area contributed by atoms with Crippen LogP contribution in [0.5, 0.6) is 0 Å². The third-order valence-electron chi connectivity index (χ3n) is 3.06. The van der Waals surface area contributed by atoms with E-state index in [2.05, 4.69) is 25.2 Å². The van der Waals surface area contributed by atoms with E-state index in [0.717, 1.165) is 39.2 Å². The van der Waals surface area contributed by atoms with Crippen molar-refractivity contribution in [3.8, 4) is 0 Å². The maximum Gasteiger partial charge on any atom is 0.0650 e. The highest BCUT2D eigenvalue weighted by molar-refractivity contribution is 5.04. The zero-order valence-corrected chi connectivity index (χ0v) is 10.8. The maximum absolute atomic E-state index is 5.29. The number of hydrogen-bond donors (Lipinski definition) is 1. The summed E-state index contributed by atoms with van der Waals surface area (Å²) in [6.45, 7) is 7.96. The lowest BCUT2D eigenvalue weighted by Gasteiger charge is -2.22. The molecule has 0 saturated heterocycles. The lowest BCUT2D eigenvalue weighted by Crippen LogP contribution is -2.38. The second kappa shape index (κ2) is 7.82. The predicted molar refractivity (Wildman–Crippen MR) is 66.6 cm³/mol. The van der Waals surface area contributed by atoms with Gasteiger partial charge in [-0.1, -0.05) is 25.5 Å². The molecule has 0 spiro atoms. The molecule has 1 aliphatic rings. The summed E-state index contributed by atoms with van der Waals surface area (Å²) in [6.07, 6.45) is 4.44. The summed E-state index contributed by atoms with van der Waals surface area (Å²) in [7, 11) is 1.76. The molecule has 1 aliphatic heterocycles. The summed E-state index contributed by atoms with van der Waals surface area (Å²) in [5.41, 5.74) is 1.53. The molecule has 1 rings (SSSR count). The van der Waals surface area contributed by atoms with Crippen LogP contribution in [0.4, 0.5) is 0 Å². The fraction of sp³-hybridized carbons (Fsp3) is 0.846. The van der Waals surface area contributed by atoms with Crippen LogP contribution in [0, 0.1) is 5.92 Å². The number of methoxy groups -OCH3 is 1. The van der Waals surface area contributed by atoms with Crippen molar-refractivity contribution >= 4 is 0 Å². The van der Waals surface area contributed by atoms with Crippen LogP contribution in [0.25, 0.3) is 0 Å². The van der Waals surface area contributed by atoms with E-state index in [0.29, 0.717) is 12.0 Å². The molecule has 0 amide bonds. The van der Waals surface area contributed by atoms with Crippen LogP contribution in [0.1, 0.15) is 26.7 Å².